The van der Waals surface area contributed by atoms with Gasteiger partial charge in [-0.05, 0) is 42.0 Å². The normalized spacial score (nSPS) is 13.5. The number of sulfonamides is 1. The van der Waals surface area contributed by atoms with Crippen molar-refractivity contribution in [1.29, 1.82) is 0 Å². The molecule has 7 nitrogen and oxygen atoms in total. The number of hydrogen-bond acceptors (Lipinski definition) is 5. The SMILES string of the molecule is O=C1COc2ccc(S(=O)(=O)Nc3cccc(-c4ccccc4OC(F)(F)F)c3)cc2N1. The third-order valence-electron chi connectivity index (χ3n) is 4.43. The molecule has 0 saturated carbocycles. The van der Waals surface area contributed by atoms with Gasteiger partial charge in [-0.1, -0.05) is 30.3 Å². The average Bonchev–Trinajstić information content (AvgIpc) is 2.72. The van der Waals surface area contributed by atoms with Crippen molar-refractivity contribution in [1.82, 2.24) is 0 Å². The molecular formula is C21H15F3N2O5S. The summed E-state index contributed by atoms with van der Waals surface area (Å²) in [6, 6.07) is 15.4. The van der Waals surface area contributed by atoms with E-state index in [2.05, 4.69) is 14.8 Å². The van der Waals surface area contributed by atoms with Gasteiger partial charge < -0.3 is 14.8 Å². The van der Waals surface area contributed by atoms with Crippen LogP contribution in [0.4, 0.5) is 24.5 Å². The predicted octanol–water partition coefficient (Wildman–Crippen LogP) is 4.38. The van der Waals surface area contributed by atoms with Gasteiger partial charge in [-0.3, -0.25) is 9.52 Å². The number of amides is 1. The van der Waals surface area contributed by atoms with Crippen molar-refractivity contribution in [2.75, 3.05) is 16.6 Å². The highest BCUT2D eigenvalue weighted by Crippen LogP contribution is 2.35. The minimum Gasteiger partial charge on any atom is -0.482 e. The molecule has 0 unspecified atom stereocenters. The van der Waals surface area contributed by atoms with Crippen LogP contribution in [0.15, 0.2) is 71.6 Å². The first-order chi connectivity index (χ1) is 15.1. The predicted molar refractivity (Wildman–Crippen MR) is 110 cm³/mol. The van der Waals surface area contributed by atoms with Crippen LogP contribution in [0.25, 0.3) is 11.1 Å². The van der Waals surface area contributed by atoms with E-state index in [0.717, 1.165) is 0 Å². The lowest BCUT2D eigenvalue weighted by Gasteiger charge is -2.19. The van der Waals surface area contributed by atoms with Crippen molar-refractivity contribution < 1.29 is 35.9 Å². The maximum Gasteiger partial charge on any atom is 0.573 e. The first-order valence-corrected chi connectivity index (χ1v) is 10.6. The van der Waals surface area contributed by atoms with Gasteiger partial charge >= 0.3 is 6.36 Å². The molecule has 3 aromatic carbocycles. The molecule has 0 saturated heterocycles. The van der Waals surface area contributed by atoms with Crippen LogP contribution in [0.5, 0.6) is 11.5 Å². The molecule has 1 aliphatic heterocycles. The van der Waals surface area contributed by atoms with Gasteiger partial charge in [-0.2, -0.15) is 0 Å². The summed E-state index contributed by atoms with van der Waals surface area (Å²) >= 11 is 0. The Morgan fingerprint density at radius 2 is 1.78 bits per heavy atom. The Morgan fingerprint density at radius 1 is 1.00 bits per heavy atom. The summed E-state index contributed by atoms with van der Waals surface area (Å²) in [6.07, 6.45) is -4.87. The fraction of sp³-hybridized carbons (Fsp3) is 0.0952. The van der Waals surface area contributed by atoms with Gasteiger partial charge in [0.05, 0.1) is 10.6 Å². The van der Waals surface area contributed by atoms with E-state index in [1.165, 1.54) is 60.7 Å². The number of nitrogens with one attached hydrogen (secondary N) is 2. The van der Waals surface area contributed by atoms with Gasteiger partial charge in [-0.25, -0.2) is 8.42 Å². The van der Waals surface area contributed by atoms with Gasteiger partial charge in [0.1, 0.15) is 11.5 Å². The van der Waals surface area contributed by atoms with Crippen LogP contribution in [-0.4, -0.2) is 27.3 Å². The molecule has 1 heterocycles. The van der Waals surface area contributed by atoms with Crippen molar-refractivity contribution >= 4 is 27.3 Å². The number of ether oxygens (including phenoxy) is 2. The van der Waals surface area contributed by atoms with Gasteiger partial charge in [0.2, 0.25) is 0 Å². The summed E-state index contributed by atoms with van der Waals surface area (Å²) < 4.78 is 75.5. The van der Waals surface area contributed by atoms with Gasteiger partial charge in [-0.15, -0.1) is 13.2 Å². The van der Waals surface area contributed by atoms with Crippen molar-refractivity contribution in [3.05, 3.63) is 66.7 Å². The molecule has 4 rings (SSSR count). The first-order valence-electron chi connectivity index (χ1n) is 9.15. The zero-order valence-electron chi connectivity index (χ0n) is 16.1. The number of anilines is 2. The maximum absolute atomic E-state index is 12.8. The fourth-order valence-electron chi connectivity index (χ4n) is 3.11. The van der Waals surface area contributed by atoms with Gasteiger partial charge in [0.15, 0.2) is 6.61 Å². The monoisotopic (exact) mass is 464 g/mol. The van der Waals surface area contributed by atoms with Crippen LogP contribution in [0.1, 0.15) is 0 Å². The molecule has 1 amide bonds. The molecule has 166 valence electrons. The second kappa shape index (κ2) is 8.08. The van der Waals surface area contributed by atoms with Crippen LogP contribution < -0.4 is 19.5 Å². The highest BCUT2D eigenvalue weighted by molar-refractivity contribution is 7.92. The first kappa shape index (κ1) is 21.5. The summed E-state index contributed by atoms with van der Waals surface area (Å²) in [4.78, 5) is 11.4. The van der Waals surface area contributed by atoms with E-state index in [1.54, 1.807) is 6.07 Å². The summed E-state index contributed by atoms with van der Waals surface area (Å²) in [5.41, 5.74) is 0.800. The van der Waals surface area contributed by atoms with Crippen LogP contribution >= 0.6 is 0 Å². The topological polar surface area (TPSA) is 93.7 Å². The standard InChI is InChI=1S/C21H15F3N2O5S/c22-21(23,24)31-18-7-2-1-6-16(18)13-4-3-5-14(10-13)26-32(28,29)15-8-9-19-17(11-15)25-20(27)12-30-19/h1-11,26H,12H2,(H,25,27). The zero-order chi connectivity index (χ0) is 22.9. The molecule has 1 aliphatic rings. The van der Waals surface area contributed by atoms with E-state index < -0.39 is 28.0 Å². The number of carbonyl (C=O) groups is 1. The molecule has 2 N–H and O–H groups in total. The Bertz CT molecular complexity index is 1290. The molecule has 0 spiro atoms. The van der Waals surface area contributed by atoms with Crippen LogP contribution in [0.3, 0.4) is 0 Å². The lowest BCUT2D eigenvalue weighted by molar-refractivity contribution is -0.274. The van der Waals surface area contributed by atoms with E-state index in [0.29, 0.717) is 11.3 Å². The minimum atomic E-state index is -4.87. The number of rotatable bonds is 5. The quantitative estimate of drug-likeness (QED) is 0.585. The van der Waals surface area contributed by atoms with E-state index in [-0.39, 0.29) is 28.4 Å². The molecule has 0 aromatic heterocycles. The Kier molecular flexibility index (Phi) is 5.43. The molecule has 0 bridgehead atoms. The van der Waals surface area contributed by atoms with E-state index in [4.69, 9.17) is 4.74 Å². The van der Waals surface area contributed by atoms with Crippen molar-refractivity contribution in [2.24, 2.45) is 0 Å². The number of benzene rings is 3. The zero-order valence-corrected chi connectivity index (χ0v) is 17.0. The highest BCUT2D eigenvalue weighted by atomic mass is 32.2. The van der Waals surface area contributed by atoms with E-state index in [1.807, 2.05) is 0 Å². The smallest absolute Gasteiger partial charge is 0.482 e. The number of alkyl halides is 3. The van der Waals surface area contributed by atoms with Crippen molar-refractivity contribution in [2.45, 2.75) is 11.3 Å². The van der Waals surface area contributed by atoms with E-state index >= 15 is 0 Å². The molecule has 0 fully saturated rings. The molecule has 32 heavy (non-hydrogen) atoms. The van der Waals surface area contributed by atoms with Crippen LogP contribution in [0, 0.1) is 0 Å². The maximum atomic E-state index is 12.8. The van der Waals surface area contributed by atoms with Crippen LogP contribution in [-0.2, 0) is 14.8 Å². The number of halogens is 3. The third kappa shape index (κ3) is 4.78. The average molecular weight is 464 g/mol. The molecule has 0 radical (unpaired) electrons. The Hall–Kier alpha value is -3.73. The minimum absolute atomic E-state index is 0.127. The number of hydrogen-bond donors (Lipinski definition) is 2. The Labute approximate surface area is 180 Å². The summed E-state index contributed by atoms with van der Waals surface area (Å²) in [5, 5.41) is 2.53. The van der Waals surface area contributed by atoms with Gasteiger partial charge in [0, 0.05) is 11.3 Å². The molecular weight excluding hydrogens is 449 g/mol. The largest absolute Gasteiger partial charge is 0.573 e. The second-order valence-electron chi connectivity index (χ2n) is 6.73. The number of para-hydroxylation sites is 1. The van der Waals surface area contributed by atoms with Crippen molar-refractivity contribution in [3.63, 3.8) is 0 Å². The van der Waals surface area contributed by atoms with Crippen LogP contribution in [0.2, 0.25) is 0 Å². The Balaban J connectivity index is 1.63. The number of carbonyl (C=O) groups excluding carboxylic acids is 1. The fourth-order valence-corrected chi connectivity index (χ4v) is 4.19. The number of fused-ring (bicyclic) bond motifs is 1. The van der Waals surface area contributed by atoms with E-state index in [9.17, 15) is 26.4 Å². The van der Waals surface area contributed by atoms with Crippen molar-refractivity contribution in [3.8, 4) is 22.6 Å². The molecule has 3 aromatic rings. The summed E-state index contributed by atoms with van der Waals surface area (Å²) in [7, 11) is -4.07. The third-order valence-corrected chi connectivity index (χ3v) is 5.81. The van der Waals surface area contributed by atoms with Gasteiger partial charge in [0.25, 0.3) is 15.9 Å². The lowest BCUT2D eigenvalue weighted by Crippen LogP contribution is -2.25. The molecule has 0 aliphatic carbocycles. The lowest BCUT2D eigenvalue weighted by atomic mass is 10.0. The Morgan fingerprint density at radius 3 is 2.56 bits per heavy atom. The highest BCUT2D eigenvalue weighted by Gasteiger charge is 2.32. The molecule has 11 heteroatoms. The molecule has 0 atom stereocenters. The summed E-state index contributed by atoms with van der Waals surface area (Å²) in [5.74, 6) is -0.482. The summed E-state index contributed by atoms with van der Waals surface area (Å²) in [6.45, 7) is -0.163. The second-order valence-corrected chi connectivity index (χ2v) is 8.41.